The van der Waals surface area contributed by atoms with Crippen LogP contribution in [0.1, 0.15) is 37.8 Å². The number of esters is 1. The van der Waals surface area contributed by atoms with E-state index in [0.29, 0.717) is 10.7 Å². The molecule has 1 aromatic heterocycles. The van der Waals surface area contributed by atoms with Gasteiger partial charge in [-0.05, 0) is 25.8 Å². The molecule has 0 unspecified atom stereocenters. The molecule has 0 atom stereocenters. The van der Waals surface area contributed by atoms with E-state index in [-0.39, 0.29) is 29.3 Å². The number of ether oxygens (including phenoxy) is 1. The minimum absolute atomic E-state index is 0.0824. The van der Waals surface area contributed by atoms with Crippen molar-refractivity contribution in [1.82, 2.24) is 4.98 Å². The molecule has 7 heteroatoms. The lowest BCUT2D eigenvalue weighted by Crippen LogP contribution is -2.26. The van der Waals surface area contributed by atoms with Gasteiger partial charge in [-0.3, -0.25) is 9.59 Å². The van der Waals surface area contributed by atoms with Crippen LogP contribution in [0, 0.1) is 12.8 Å². The zero-order chi connectivity index (χ0) is 16.1. The third kappa shape index (κ3) is 4.58. The van der Waals surface area contributed by atoms with Gasteiger partial charge in [-0.25, -0.2) is 4.98 Å². The van der Waals surface area contributed by atoms with Crippen molar-refractivity contribution in [3.8, 4) is 0 Å². The molecule has 0 saturated heterocycles. The number of aromatic nitrogens is 1. The Kier molecular flexibility index (Phi) is 6.03. The maximum atomic E-state index is 11.9. The molecule has 1 aromatic rings. The van der Waals surface area contributed by atoms with E-state index in [9.17, 15) is 9.59 Å². The van der Waals surface area contributed by atoms with Crippen LogP contribution in [0.5, 0.6) is 0 Å². The lowest BCUT2D eigenvalue weighted by Gasteiger charge is -2.19. The van der Waals surface area contributed by atoms with Crippen molar-refractivity contribution in [2.75, 3.05) is 11.9 Å². The summed E-state index contributed by atoms with van der Waals surface area (Å²) >= 11 is 11.8. The van der Waals surface area contributed by atoms with Gasteiger partial charge in [0.2, 0.25) is 0 Å². The number of aryl methyl sites for hydroxylation is 1. The number of pyridine rings is 1. The van der Waals surface area contributed by atoms with Crippen molar-refractivity contribution in [3.05, 3.63) is 21.8 Å². The van der Waals surface area contributed by atoms with Crippen molar-refractivity contribution in [1.29, 1.82) is 0 Å². The van der Waals surface area contributed by atoms with Crippen molar-refractivity contribution in [3.63, 3.8) is 0 Å². The number of carbonyl (C=O) groups excluding carboxylic acids is 2. The molecule has 1 aliphatic rings. The molecular formula is C15H18Cl2N2O3. The number of carbonyl (C=O) groups is 2. The van der Waals surface area contributed by atoms with Gasteiger partial charge in [0.25, 0.3) is 5.91 Å². The molecule has 1 N–H and O–H groups in total. The second-order valence-electron chi connectivity index (χ2n) is 5.38. The Morgan fingerprint density at radius 3 is 2.64 bits per heavy atom. The zero-order valence-corrected chi connectivity index (χ0v) is 13.8. The van der Waals surface area contributed by atoms with Crippen LogP contribution in [0.2, 0.25) is 10.0 Å². The third-order valence-corrected chi connectivity index (χ3v) is 4.32. The molecule has 1 heterocycles. The number of hydrogen-bond acceptors (Lipinski definition) is 4. The van der Waals surface area contributed by atoms with Gasteiger partial charge in [-0.1, -0.05) is 42.5 Å². The maximum absolute atomic E-state index is 11.9. The monoisotopic (exact) mass is 344 g/mol. The molecule has 0 radical (unpaired) electrons. The highest BCUT2D eigenvalue weighted by Crippen LogP contribution is 2.26. The fraction of sp³-hybridized carbons (Fsp3) is 0.533. The molecular weight excluding hydrogens is 327 g/mol. The van der Waals surface area contributed by atoms with Crippen molar-refractivity contribution in [2.24, 2.45) is 5.92 Å². The number of amides is 1. The van der Waals surface area contributed by atoms with Gasteiger partial charge in [0.1, 0.15) is 0 Å². The molecule has 120 valence electrons. The average molecular weight is 345 g/mol. The van der Waals surface area contributed by atoms with Crippen LogP contribution in [0.3, 0.4) is 0 Å². The molecule has 0 spiro atoms. The SMILES string of the molecule is Cc1nc(NC(=O)COC(=O)C2CCCCC2)c(Cl)cc1Cl. The fourth-order valence-electron chi connectivity index (χ4n) is 2.41. The van der Waals surface area contributed by atoms with Gasteiger partial charge in [0, 0.05) is 0 Å². The molecule has 0 aromatic carbocycles. The molecule has 2 rings (SSSR count). The predicted octanol–water partition coefficient (Wildman–Crippen LogP) is 3.76. The van der Waals surface area contributed by atoms with E-state index in [4.69, 9.17) is 27.9 Å². The number of hydrogen-bond donors (Lipinski definition) is 1. The molecule has 0 aliphatic heterocycles. The summed E-state index contributed by atoms with van der Waals surface area (Å²) < 4.78 is 5.06. The first-order chi connectivity index (χ1) is 10.5. The lowest BCUT2D eigenvalue weighted by atomic mass is 9.89. The summed E-state index contributed by atoms with van der Waals surface area (Å²) in [7, 11) is 0. The van der Waals surface area contributed by atoms with Gasteiger partial charge < -0.3 is 10.1 Å². The Morgan fingerprint density at radius 1 is 1.27 bits per heavy atom. The van der Waals surface area contributed by atoms with Crippen molar-refractivity contribution in [2.45, 2.75) is 39.0 Å². The molecule has 1 aliphatic carbocycles. The fourth-order valence-corrected chi connectivity index (χ4v) is 2.81. The summed E-state index contributed by atoms with van der Waals surface area (Å²) in [5.41, 5.74) is 0.556. The number of anilines is 1. The quantitative estimate of drug-likeness (QED) is 0.844. The van der Waals surface area contributed by atoms with E-state index in [1.807, 2.05) is 0 Å². The van der Waals surface area contributed by atoms with Crippen LogP contribution in [-0.2, 0) is 14.3 Å². The summed E-state index contributed by atoms with van der Waals surface area (Å²) in [6.07, 6.45) is 4.91. The highest BCUT2D eigenvalue weighted by molar-refractivity contribution is 6.36. The minimum atomic E-state index is -0.472. The largest absolute Gasteiger partial charge is 0.455 e. The standard InChI is InChI=1S/C15H18Cl2N2O3/c1-9-11(16)7-12(17)14(18-9)19-13(20)8-22-15(21)10-5-3-2-4-6-10/h7,10H,2-6,8H2,1H3,(H,18,19,20). The lowest BCUT2D eigenvalue weighted by molar-refractivity contribution is -0.152. The molecule has 22 heavy (non-hydrogen) atoms. The third-order valence-electron chi connectivity index (χ3n) is 3.65. The average Bonchev–Trinajstić information content (AvgIpc) is 2.51. The molecule has 1 amide bonds. The van der Waals surface area contributed by atoms with Gasteiger partial charge in [-0.15, -0.1) is 0 Å². The van der Waals surface area contributed by atoms with Crippen LogP contribution in [0.25, 0.3) is 0 Å². The number of nitrogens with zero attached hydrogens (tertiary/aromatic N) is 1. The second-order valence-corrected chi connectivity index (χ2v) is 6.19. The Hall–Kier alpha value is -1.33. The summed E-state index contributed by atoms with van der Waals surface area (Å²) in [5, 5.41) is 3.18. The van der Waals surface area contributed by atoms with Gasteiger partial charge in [0.15, 0.2) is 12.4 Å². The molecule has 0 bridgehead atoms. The topological polar surface area (TPSA) is 68.3 Å². The minimum Gasteiger partial charge on any atom is -0.455 e. The van der Waals surface area contributed by atoms with Gasteiger partial charge >= 0.3 is 5.97 Å². The summed E-state index contributed by atoms with van der Waals surface area (Å²) in [4.78, 5) is 27.8. The Bertz CT molecular complexity index is 572. The van der Waals surface area contributed by atoms with E-state index < -0.39 is 5.91 Å². The van der Waals surface area contributed by atoms with Crippen LogP contribution < -0.4 is 5.32 Å². The van der Waals surface area contributed by atoms with E-state index in [1.54, 1.807) is 6.92 Å². The first kappa shape index (κ1) is 17.0. The number of rotatable bonds is 4. The van der Waals surface area contributed by atoms with Crippen LogP contribution in [-0.4, -0.2) is 23.5 Å². The molecule has 5 nitrogen and oxygen atoms in total. The Balaban J connectivity index is 1.85. The second kappa shape index (κ2) is 7.79. The van der Waals surface area contributed by atoms with Crippen molar-refractivity contribution < 1.29 is 14.3 Å². The normalized spacial score (nSPS) is 15.4. The predicted molar refractivity (Wildman–Crippen MR) is 85.2 cm³/mol. The van der Waals surface area contributed by atoms with Crippen LogP contribution >= 0.6 is 23.2 Å². The smallest absolute Gasteiger partial charge is 0.309 e. The molecule has 1 fully saturated rings. The van der Waals surface area contributed by atoms with Gasteiger partial charge in [0.05, 0.1) is 21.7 Å². The molecule has 1 saturated carbocycles. The number of halogens is 2. The summed E-state index contributed by atoms with van der Waals surface area (Å²) in [5.74, 6) is -0.648. The van der Waals surface area contributed by atoms with Crippen LogP contribution in [0.15, 0.2) is 6.07 Å². The highest BCUT2D eigenvalue weighted by atomic mass is 35.5. The summed E-state index contributed by atoms with van der Waals surface area (Å²) in [6, 6.07) is 1.51. The Morgan fingerprint density at radius 2 is 1.95 bits per heavy atom. The van der Waals surface area contributed by atoms with E-state index in [1.165, 1.54) is 6.07 Å². The van der Waals surface area contributed by atoms with Crippen molar-refractivity contribution >= 4 is 40.9 Å². The summed E-state index contributed by atoms with van der Waals surface area (Å²) in [6.45, 7) is 1.37. The van der Waals surface area contributed by atoms with E-state index >= 15 is 0 Å². The maximum Gasteiger partial charge on any atom is 0.309 e. The first-order valence-electron chi connectivity index (χ1n) is 7.26. The highest BCUT2D eigenvalue weighted by Gasteiger charge is 2.23. The van der Waals surface area contributed by atoms with Gasteiger partial charge in [-0.2, -0.15) is 0 Å². The van der Waals surface area contributed by atoms with Crippen LogP contribution in [0.4, 0.5) is 5.82 Å². The number of nitrogens with one attached hydrogen (secondary N) is 1. The van der Waals surface area contributed by atoms with E-state index in [2.05, 4.69) is 10.3 Å². The zero-order valence-electron chi connectivity index (χ0n) is 12.3. The first-order valence-corrected chi connectivity index (χ1v) is 8.02. The Labute approximate surface area is 139 Å². The van der Waals surface area contributed by atoms with E-state index in [0.717, 1.165) is 32.1 Å².